The van der Waals surface area contributed by atoms with Crippen molar-refractivity contribution in [3.63, 3.8) is 0 Å². The molecule has 0 aliphatic carbocycles. The first-order valence-electron chi connectivity index (χ1n) is 9.27. The Kier molecular flexibility index (Phi) is 5.46. The van der Waals surface area contributed by atoms with E-state index in [1.807, 2.05) is 26.0 Å². The topological polar surface area (TPSA) is 77.8 Å². The molecule has 1 aromatic heterocycles. The van der Waals surface area contributed by atoms with E-state index in [-0.39, 0.29) is 24.0 Å². The molecule has 144 valence electrons. The molecule has 1 amide bonds. The van der Waals surface area contributed by atoms with Crippen LogP contribution in [-0.4, -0.2) is 24.3 Å². The van der Waals surface area contributed by atoms with Crippen molar-refractivity contribution in [2.75, 3.05) is 0 Å². The Morgan fingerprint density at radius 3 is 2.74 bits per heavy atom. The Morgan fingerprint density at radius 1 is 1.33 bits per heavy atom. The number of rotatable bonds is 4. The van der Waals surface area contributed by atoms with E-state index in [0.29, 0.717) is 11.3 Å². The lowest BCUT2D eigenvalue weighted by molar-refractivity contribution is -0.174. The minimum Gasteiger partial charge on any atom is -0.458 e. The van der Waals surface area contributed by atoms with Gasteiger partial charge in [-0.1, -0.05) is 6.92 Å². The molecule has 2 aromatic rings. The van der Waals surface area contributed by atoms with Crippen molar-refractivity contribution >= 4 is 16.9 Å². The number of hydrogen-bond acceptors (Lipinski definition) is 5. The molecule has 6 nitrogen and oxygen atoms in total. The van der Waals surface area contributed by atoms with Crippen molar-refractivity contribution in [2.45, 2.75) is 59.5 Å². The van der Waals surface area contributed by atoms with Crippen molar-refractivity contribution in [1.82, 2.24) is 5.32 Å². The third-order valence-corrected chi connectivity index (χ3v) is 5.28. The van der Waals surface area contributed by atoms with Gasteiger partial charge in [0.25, 0.3) is 6.29 Å². The fourth-order valence-electron chi connectivity index (χ4n) is 3.62. The normalized spacial score (nSPS) is 25.4. The number of fused-ring (bicyclic) bond motifs is 1. The lowest BCUT2D eigenvalue weighted by atomic mass is 9.81. The summed E-state index contributed by atoms with van der Waals surface area (Å²) in [6, 6.07) is 6.48. The summed E-state index contributed by atoms with van der Waals surface area (Å²) in [5.74, 6) is 1.72. The van der Waals surface area contributed by atoms with Crippen LogP contribution in [-0.2, 0) is 9.53 Å². The average Bonchev–Trinajstić information content (AvgIpc) is 2.60. The maximum atomic E-state index is 11.7. The smallest absolute Gasteiger partial charge is 0.336 e. The number of benzene rings is 1. The number of carbonyl (C=O) groups is 1. The van der Waals surface area contributed by atoms with E-state index in [4.69, 9.17) is 13.9 Å². The van der Waals surface area contributed by atoms with Gasteiger partial charge in [0, 0.05) is 24.4 Å². The average molecular weight is 372 g/mol. The Hall–Kier alpha value is -2.47. The van der Waals surface area contributed by atoms with Gasteiger partial charge in [-0.3, -0.25) is 4.79 Å². The fourth-order valence-corrected chi connectivity index (χ4v) is 3.62. The highest BCUT2D eigenvalue weighted by Crippen LogP contribution is 2.35. The lowest BCUT2D eigenvalue weighted by Crippen LogP contribution is -2.57. The summed E-state index contributed by atoms with van der Waals surface area (Å²) in [4.78, 5) is 23.3. The zero-order chi connectivity index (χ0) is 19.7. The van der Waals surface area contributed by atoms with Crippen molar-refractivity contribution in [2.24, 2.45) is 5.92 Å². The van der Waals surface area contributed by atoms with Gasteiger partial charge in [0.05, 0.1) is 6.92 Å². The third-order valence-electron chi connectivity index (χ3n) is 5.28. The van der Waals surface area contributed by atoms with Gasteiger partial charge in [-0.05, 0) is 38.0 Å². The highest BCUT2D eigenvalue weighted by molar-refractivity contribution is 5.81. The highest BCUT2D eigenvalue weighted by atomic mass is 16.7. The van der Waals surface area contributed by atoms with Crippen LogP contribution in [0, 0.1) is 18.8 Å². The SMILES string of the molecule is CCC1O[C@@H](Oc2ccc3c(C)cc(=O)oc3c2)C(NC(C)=O)[C+](C)[C@H]1C. The van der Waals surface area contributed by atoms with Gasteiger partial charge in [0.15, 0.2) is 0 Å². The summed E-state index contributed by atoms with van der Waals surface area (Å²) >= 11 is 0. The monoisotopic (exact) mass is 372 g/mol. The molecule has 1 aliphatic heterocycles. The van der Waals surface area contributed by atoms with Crippen molar-refractivity contribution < 1.29 is 18.7 Å². The number of nitrogens with one attached hydrogen (secondary N) is 1. The molecule has 0 saturated carbocycles. The Bertz CT molecular complexity index is 890. The fraction of sp³-hybridized carbons (Fsp3) is 0.476. The van der Waals surface area contributed by atoms with Crippen LogP contribution in [0.4, 0.5) is 0 Å². The van der Waals surface area contributed by atoms with Gasteiger partial charge in [0.2, 0.25) is 11.9 Å². The Balaban J connectivity index is 1.91. The zero-order valence-corrected chi connectivity index (χ0v) is 16.4. The van der Waals surface area contributed by atoms with Crippen LogP contribution in [0.1, 0.15) is 39.7 Å². The van der Waals surface area contributed by atoms with Crippen LogP contribution < -0.4 is 15.7 Å². The molecule has 0 spiro atoms. The van der Waals surface area contributed by atoms with Gasteiger partial charge >= 0.3 is 5.63 Å². The van der Waals surface area contributed by atoms with E-state index < -0.39 is 11.9 Å². The molecular weight excluding hydrogens is 346 g/mol. The van der Waals surface area contributed by atoms with Crippen LogP contribution in [0.25, 0.3) is 11.0 Å². The van der Waals surface area contributed by atoms with E-state index in [1.165, 1.54) is 13.0 Å². The first-order valence-corrected chi connectivity index (χ1v) is 9.27. The van der Waals surface area contributed by atoms with Crippen molar-refractivity contribution in [1.29, 1.82) is 0 Å². The largest absolute Gasteiger partial charge is 0.458 e. The molecule has 1 aliphatic rings. The second-order valence-corrected chi connectivity index (χ2v) is 7.19. The molecule has 3 rings (SSSR count). The van der Waals surface area contributed by atoms with E-state index in [0.717, 1.165) is 23.3 Å². The second-order valence-electron chi connectivity index (χ2n) is 7.19. The van der Waals surface area contributed by atoms with Crippen LogP contribution in [0.15, 0.2) is 33.5 Å². The molecule has 1 N–H and O–H groups in total. The number of hydrogen-bond donors (Lipinski definition) is 1. The summed E-state index contributed by atoms with van der Waals surface area (Å²) < 4.78 is 17.5. The minimum absolute atomic E-state index is 0.0145. The molecule has 6 heteroatoms. The molecule has 4 atom stereocenters. The lowest BCUT2D eigenvalue weighted by Gasteiger charge is -2.37. The van der Waals surface area contributed by atoms with Gasteiger partial charge in [0.1, 0.15) is 29.3 Å². The predicted molar refractivity (Wildman–Crippen MR) is 102 cm³/mol. The van der Waals surface area contributed by atoms with E-state index in [2.05, 4.69) is 19.2 Å². The van der Waals surface area contributed by atoms with Gasteiger partial charge < -0.3 is 19.2 Å². The molecule has 0 radical (unpaired) electrons. The molecule has 0 bridgehead atoms. The highest BCUT2D eigenvalue weighted by Gasteiger charge is 2.51. The Morgan fingerprint density at radius 2 is 2.07 bits per heavy atom. The van der Waals surface area contributed by atoms with Gasteiger partial charge in [-0.15, -0.1) is 0 Å². The number of ether oxygens (including phenoxy) is 2. The third kappa shape index (κ3) is 3.95. The number of carbonyl (C=O) groups excluding carboxylic acids is 1. The van der Waals surface area contributed by atoms with Gasteiger partial charge in [-0.25, -0.2) is 4.79 Å². The van der Waals surface area contributed by atoms with E-state index in [9.17, 15) is 9.59 Å². The van der Waals surface area contributed by atoms with Gasteiger partial charge in [-0.2, -0.15) is 0 Å². The van der Waals surface area contributed by atoms with Crippen molar-refractivity contribution in [3.05, 3.63) is 46.2 Å². The van der Waals surface area contributed by atoms with E-state index in [1.54, 1.807) is 6.07 Å². The minimum atomic E-state index is -0.649. The molecule has 2 unspecified atom stereocenters. The summed E-state index contributed by atoms with van der Waals surface area (Å²) in [5.41, 5.74) is 0.915. The van der Waals surface area contributed by atoms with Crippen LogP contribution in [0.2, 0.25) is 0 Å². The Labute approximate surface area is 158 Å². The number of amides is 1. The molecule has 1 aromatic carbocycles. The summed E-state index contributed by atoms with van der Waals surface area (Å²) in [7, 11) is 0. The molecule has 1 saturated heterocycles. The first kappa shape index (κ1) is 19.3. The standard InChI is InChI=1S/C21H25NO5/c1-6-17-12(3)13(4)20(22-14(5)23)21(27-17)25-15-7-8-16-11(2)9-19(24)26-18(16)10-15/h7-10,12,17,20-21H,6H2,1-5H3/p+1/t12-,17?,20?,21-/m1/s1. The van der Waals surface area contributed by atoms with Crippen molar-refractivity contribution in [3.8, 4) is 5.75 Å². The summed E-state index contributed by atoms with van der Waals surface area (Å²) in [5, 5.41) is 3.79. The molecule has 1 fully saturated rings. The van der Waals surface area contributed by atoms with Crippen LogP contribution >= 0.6 is 0 Å². The van der Waals surface area contributed by atoms with Crippen LogP contribution in [0.3, 0.4) is 0 Å². The number of aryl methyl sites for hydroxylation is 1. The summed E-state index contributed by atoms with van der Waals surface area (Å²) in [6.45, 7) is 9.53. The molecular formula is C21H26NO5+. The first-order chi connectivity index (χ1) is 12.8. The maximum absolute atomic E-state index is 11.7. The van der Waals surface area contributed by atoms with Crippen LogP contribution in [0.5, 0.6) is 5.75 Å². The quantitative estimate of drug-likeness (QED) is 0.658. The summed E-state index contributed by atoms with van der Waals surface area (Å²) in [6.07, 6.45) is 0.210. The zero-order valence-electron chi connectivity index (χ0n) is 16.4. The van der Waals surface area contributed by atoms with E-state index >= 15 is 0 Å². The molecule has 2 heterocycles. The maximum Gasteiger partial charge on any atom is 0.336 e. The predicted octanol–water partition coefficient (Wildman–Crippen LogP) is 3.35. The second kappa shape index (κ2) is 7.64. The molecule has 27 heavy (non-hydrogen) atoms.